The molecule has 1 fully saturated rings. The molecule has 0 aromatic heterocycles. The Morgan fingerprint density at radius 2 is 1.85 bits per heavy atom. The number of hydrogen-bond acceptors (Lipinski definition) is 6. The molecule has 2 atom stereocenters. The van der Waals surface area contributed by atoms with E-state index in [1.165, 1.54) is 0 Å². The van der Waals surface area contributed by atoms with E-state index in [1.54, 1.807) is 18.2 Å². The van der Waals surface area contributed by atoms with Crippen molar-refractivity contribution in [2.45, 2.75) is 25.0 Å². The fraction of sp³-hybridized carbons (Fsp3) is 0.292. The standard InChI is InChI=1S/C20H21ClN2O2.C4H4O4/c21-17-7-6-16(13-22)20(12-17)25-19(15-4-2-1-3-5-15)9-11-23-10-8-18(24)14-23;5-3(6)1-2-4(7)8/h1-7,12,18-19,24H,8-11,14H2;1-2H,(H,5,6)(H,7,8)/b;2-1+/t18-,19+;/m0./s1. The molecular weight excluding hydrogens is 448 g/mol. The lowest BCUT2D eigenvalue weighted by Gasteiger charge is -2.23. The van der Waals surface area contributed by atoms with Crippen molar-refractivity contribution in [3.8, 4) is 11.8 Å². The summed E-state index contributed by atoms with van der Waals surface area (Å²) in [5.41, 5.74) is 1.54. The van der Waals surface area contributed by atoms with Gasteiger partial charge in [0.2, 0.25) is 0 Å². The molecular formula is C24H25ClN2O6. The van der Waals surface area contributed by atoms with Crippen LogP contribution in [-0.4, -0.2) is 57.9 Å². The van der Waals surface area contributed by atoms with Gasteiger partial charge in [0.25, 0.3) is 0 Å². The number of ether oxygens (including phenoxy) is 1. The molecule has 174 valence electrons. The lowest BCUT2D eigenvalue weighted by molar-refractivity contribution is -0.134. The Morgan fingerprint density at radius 3 is 2.39 bits per heavy atom. The zero-order valence-electron chi connectivity index (χ0n) is 17.8. The second kappa shape index (κ2) is 13.2. The van der Waals surface area contributed by atoms with E-state index in [0.29, 0.717) is 35.0 Å². The predicted molar refractivity (Wildman–Crippen MR) is 122 cm³/mol. The van der Waals surface area contributed by atoms with Crippen LogP contribution in [0.5, 0.6) is 5.75 Å². The maximum Gasteiger partial charge on any atom is 0.328 e. The molecule has 1 saturated heterocycles. The van der Waals surface area contributed by atoms with Crippen LogP contribution >= 0.6 is 11.6 Å². The van der Waals surface area contributed by atoms with Gasteiger partial charge < -0.3 is 25.0 Å². The number of carboxylic acid groups (broad SMARTS) is 2. The number of nitrogens with zero attached hydrogens (tertiary/aromatic N) is 2. The Labute approximate surface area is 196 Å². The molecule has 2 aromatic carbocycles. The third-order valence-electron chi connectivity index (χ3n) is 4.83. The van der Waals surface area contributed by atoms with Crippen LogP contribution in [0.2, 0.25) is 5.02 Å². The quantitative estimate of drug-likeness (QED) is 0.497. The highest BCUT2D eigenvalue weighted by atomic mass is 35.5. The highest BCUT2D eigenvalue weighted by Gasteiger charge is 2.22. The minimum Gasteiger partial charge on any atom is -0.484 e. The maximum absolute atomic E-state index is 9.69. The van der Waals surface area contributed by atoms with E-state index in [2.05, 4.69) is 11.0 Å². The van der Waals surface area contributed by atoms with Gasteiger partial charge in [0.15, 0.2) is 0 Å². The van der Waals surface area contributed by atoms with Crippen LogP contribution in [0.4, 0.5) is 0 Å². The molecule has 0 saturated carbocycles. The first-order chi connectivity index (χ1) is 15.8. The second-order valence-corrected chi connectivity index (χ2v) is 7.75. The highest BCUT2D eigenvalue weighted by molar-refractivity contribution is 6.30. The first-order valence-corrected chi connectivity index (χ1v) is 10.6. The van der Waals surface area contributed by atoms with E-state index in [9.17, 15) is 20.0 Å². The summed E-state index contributed by atoms with van der Waals surface area (Å²) in [5.74, 6) is -2.01. The predicted octanol–water partition coefficient (Wildman–Crippen LogP) is 3.50. The summed E-state index contributed by atoms with van der Waals surface area (Å²) in [5, 5.41) is 35.2. The Bertz CT molecular complexity index is 990. The van der Waals surface area contributed by atoms with Gasteiger partial charge in [-0.3, -0.25) is 0 Å². The molecule has 0 bridgehead atoms. The van der Waals surface area contributed by atoms with Crippen molar-refractivity contribution in [1.29, 1.82) is 5.26 Å². The van der Waals surface area contributed by atoms with Crippen LogP contribution in [0, 0.1) is 11.3 Å². The molecule has 0 aliphatic carbocycles. The van der Waals surface area contributed by atoms with Crippen molar-refractivity contribution in [2.75, 3.05) is 19.6 Å². The van der Waals surface area contributed by atoms with Crippen LogP contribution in [0.25, 0.3) is 0 Å². The van der Waals surface area contributed by atoms with Crippen molar-refractivity contribution in [1.82, 2.24) is 4.90 Å². The number of rotatable bonds is 8. The van der Waals surface area contributed by atoms with Crippen LogP contribution in [0.1, 0.15) is 30.1 Å². The number of carbonyl (C=O) groups is 2. The summed E-state index contributed by atoms with van der Waals surface area (Å²) in [6.45, 7) is 2.45. The number of aliphatic hydroxyl groups is 1. The Balaban J connectivity index is 0.000000414. The summed E-state index contributed by atoms with van der Waals surface area (Å²) in [4.78, 5) is 21.4. The Hall–Kier alpha value is -3.38. The van der Waals surface area contributed by atoms with Gasteiger partial charge in [-0.2, -0.15) is 5.26 Å². The molecule has 1 aliphatic rings. The van der Waals surface area contributed by atoms with Gasteiger partial charge in [-0.05, 0) is 24.1 Å². The molecule has 0 radical (unpaired) electrons. The Kier molecular flexibility index (Phi) is 10.4. The van der Waals surface area contributed by atoms with Crippen molar-refractivity contribution < 1.29 is 29.6 Å². The third-order valence-corrected chi connectivity index (χ3v) is 5.06. The van der Waals surface area contributed by atoms with Crippen LogP contribution < -0.4 is 4.74 Å². The van der Waals surface area contributed by atoms with E-state index < -0.39 is 11.9 Å². The lowest BCUT2D eigenvalue weighted by Crippen LogP contribution is -2.25. The number of aliphatic carboxylic acids is 2. The van der Waals surface area contributed by atoms with Crippen LogP contribution in [0.15, 0.2) is 60.7 Å². The molecule has 3 N–H and O–H groups in total. The second-order valence-electron chi connectivity index (χ2n) is 7.31. The summed E-state index contributed by atoms with van der Waals surface area (Å²) in [6, 6.07) is 17.2. The first-order valence-electron chi connectivity index (χ1n) is 10.2. The van der Waals surface area contributed by atoms with Crippen molar-refractivity contribution in [2.24, 2.45) is 0 Å². The minimum absolute atomic E-state index is 0.176. The molecule has 0 spiro atoms. The SMILES string of the molecule is N#Cc1ccc(Cl)cc1O[C@H](CCN1CC[C@H](O)C1)c1ccccc1.O=C(O)/C=C/C(=O)O. The average molecular weight is 473 g/mol. The van der Waals surface area contributed by atoms with Crippen molar-refractivity contribution in [3.05, 3.63) is 76.8 Å². The van der Waals surface area contributed by atoms with Crippen LogP contribution in [0.3, 0.4) is 0 Å². The first kappa shape index (κ1) is 25.9. The lowest BCUT2D eigenvalue weighted by atomic mass is 10.1. The zero-order valence-corrected chi connectivity index (χ0v) is 18.6. The molecule has 2 aromatic rings. The number of halogens is 1. The third kappa shape index (κ3) is 9.33. The molecule has 1 heterocycles. The number of carboxylic acids is 2. The van der Waals surface area contributed by atoms with E-state index in [-0.39, 0.29) is 12.2 Å². The van der Waals surface area contributed by atoms with E-state index in [4.69, 9.17) is 26.6 Å². The summed E-state index contributed by atoms with van der Waals surface area (Å²) < 4.78 is 6.19. The van der Waals surface area contributed by atoms with Gasteiger partial charge in [0.1, 0.15) is 17.9 Å². The van der Waals surface area contributed by atoms with Crippen molar-refractivity contribution >= 4 is 23.5 Å². The zero-order chi connectivity index (χ0) is 24.2. The number of hydrogen-bond donors (Lipinski definition) is 3. The van der Waals surface area contributed by atoms with Gasteiger partial charge in [0, 0.05) is 49.3 Å². The van der Waals surface area contributed by atoms with Gasteiger partial charge in [0.05, 0.1) is 11.7 Å². The van der Waals surface area contributed by atoms with Gasteiger partial charge in [-0.15, -0.1) is 0 Å². The topological polar surface area (TPSA) is 131 Å². The normalized spacial score (nSPS) is 16.5. The number of aliphatic hydroxyl groups excluding tert-OH is 1. The van der Waals surface area contributed by atoms with Gasteiger partial charge in [-0.1, -0.05) is 41.9 Å². The summed E-state index contributed by atoms with van der Waals surface area (Å²) in [7, 11) is 0. The molecule has 1 aliphatic heterocycles. The number of likely N-dealkylation sites (tertiary alicyclic amines) is 1. The molecule has 9 heteroatoms. The van der Waals surface area contributed by atoms with Crippen molar-refractivity contribution in [3.63, 3.8) is 0 Å². The molecule has 33 heavy (non-hydrogen) atoms. The largest absolute Gasteiger partial charge is 0.484 e. The molecule has 0 unspecified atom stereocenters. The van der Waals surface area contributed by atoms with Gasteiger partial charge >= 0.3 is 11.9 Å². The van der Waals surface area contributed by atoms with E-state index in [1.807, 2.05) is 30.3 Å². The van der Waals surface area contributed by atoms with E-state index >= 15 is 0 Å². The molecule has 8 nitrogen and oxygen atoms in total. The summed E-state index contributed by atoms with van der Waals surface area (Å²) in [6.07, 6.45) is 2.31. The van der Waals surface area contributed by atoms with E-state index in [0.717, 1.165) is 31.5 Å². The number of β-amino-alcohol motifs (C(OH)–C–C–N with tert-alkyl or cyclic N) is 1. The smallest absolute Gasteiger partial charge is 0.328 e. The maximum atomic E-state index is 9.69. The molecule has 3 rings (SSSR count). The average Bonchev–Trinajstić information content (AvgIpc) is 3.21. The number of benzene rings is 2. The Morgan fingerprint density at radius 1 is 1.18 bits per heavy atom. The van der Waals surface area contributed by atoms with Gasteiger partial charge in [-0.25, -0.2) is 9.59 Å². The monoisotopic (exact) mass is 472 g/mol. The fourth-order valence-corrected chi connectivity index (χ4v) is 3.42. The molecule has 0 amide bonds. The number of nitriles is 1. The minimum atomic E-state index is -1.26. The fourth-order valence-electron chi connectivity index (χ4n) is 3.26. The highest BCUT2D eigenvalue weighted by Crippen LogP contribution is 2.30. The summed E-state index contributed by atoms with van der Waals surface area (Å²) >= 11 is 6.07. The van der Waals surface area contributed by atoms with Crippen LogP contribution in [-0.2, 0) is 9.59 Å².